The van der Waals surface area contributed by atoms with E-state index in [1.807, 2.05) is 10.9 Å². The number of aliphatic hydroxyl groups is 1. The van der Waals surface area contributed by atoms with Gasteiger partial charge in [0.15, 0.2) is 0 Å². The lowest BCUT2D eigenvalue weighted by Crippen LogP contribution is -2.18. The van der Waals surface area contributed by atoms with Gasteiger partial charge in [0.05, 0.1) is 12.3 Å². The minimum Gasteiger partial charge on any atom is -0.392 e. The maximum absolute atomic E-state index is 9.89. The van der Waals surface area contributed by atoms with Gasteiger partial charge in [0, 0.05) is 18.7 Å². The second-order valence-corrected chi connectivity index (χ2v) is 5.18. The molecule has 3 rings (SSSR count). The number of aliphatic hydroxyl groups excluding tert-OH is 1. The van der Waals surface area contributed by atoms with E-state index in [0.717, 1.165) is 38.7 Å². The van der Waals surface area contributed by atoms with Crippen LogP contribution in [0.25, 0.3) is 0 Å². The quantitative estimate of drug-likeness (QED) is 0.856. The molecule has 1 saturated heterocycles. The van der Waals surface area contributed by atoms with Gasteiger partial charge < -0.3 is 9.84 Å². The molecule has 0 amide bonds. The Morgan fingerprint density at radius 3 is 2.88 bits per heavy atom. The lowest BCUT2D eigenvalue weighted by molar-refractivity contribution is -0.0395. The molecule has 4 nitrogen and oxygen atoms in total. The molecule has 1 N–H and O–H groups in total. The number of hydrogen-bond acceptors (Lipinski definition) is 3. The van der Waals surface area contributed by atoms with Gasteiger partial charge in [0.1, 0.15) is 6.23 Å². The Kier molecular flexibility index (Phi) is 3.16. The van der Waals surface area contributed by atoms with E-state index in [-0.39, 0.29) is 18.2 Å². The van der Waals surface area contributed by atoms with Crippen LogP contribution in [0.3, 0.4) is 0 Å². The average Bonchev–Trinajstić information content (AvgIpc) is 2.98. The predicted octanol–water partition coefficient (Wildman–Crippen LogP) is 2.21. The summed E-state index contributed by atoms with van der Waals surface area (Å²) in [4.78, 5) is 0. The number of nitrogens with zero attached hydrogens (tertiary/aromatic N) is 2. The third kappa shape index (κ3) is 2.24. The van der Waals surface area contributed by atoms with E-state index in [9.17, 15) is 5.11 Å². The summed E-state index contributed by atoms with van der Waals surface area (Å²) in [6.45, 7) is 0.839. The molecule has 0 aromatic carbocycles. The summed E-state index contributed by atoms with van der Waals surface area (Å²) in [5.41, 5.74) is 1.17. The van der Waals surface area contributed by atoms with Gasteiger partial charge >= 0.3 is 0 Å². The second kappa shape index (κ2) is 4.78. The molecular weight excluding hydrogens is 216 g/mol. The van der Waals surface area contributed by atoms with E-state index in [1.165, 1.54) is 12.0 Å². The van der Waals surface area contributed by atoms with Gasteiger partial charge in [-0.15, -0.1) is 0 Å². The predicted molar refractivity (Wildman–Crippen MR) is 63.7 cm³/mol. The summed E-state index contributed by atoms with van der Waals surface area (Å²) in [5.74, 6) is 0.285. The van der Waals surface area contributed by atoms with E-state index in [1.54, 1.807) is 0 Å². The molecule has 3 atom stereocenters. The highest BCUT2D eigenvalue weighted by Crippen LogP contribution is 2.35. The molecule has 1 aromatic heterocycles. The van der Waals surface area contributed by atoms with Crippen LogP contribution in [0.15, 0.2) is 12.4 Å². The molecule has 3 unspecified atom stereocenters. The fraction of sp³-hybridized carbons (Fsp3) is 0.769. The summed E-state index contributed by atoms with van der Waals surface area (Å²) in [6, 6.07) is 0. The van der Waals surface area contributed by atoms with Crippen LogP contribution in [-0.2, 0) is 4.74 Å². The van der Waals surface area contributed by atoms with Crippen LogP contribution >= 0.6 is 0 Å². The maximum Gasteiger partial charge on any atom is 0.150 e. The first-order chi connectivity index (χ1) is 8.34. The van der Waals surface area contributed by atoms with Crippen molar-refractivity contribution in [1.29, 1.82) is 0 Å². The molecule has 1 saturated carbocycles. The largest absolute Gasteiger partial charge is 0.392 e. The minimum atomic E-state index is -0.181. The van der Waals surface area contributed by atoms with Gasteiger partial charge in [-0.05, 0) is 37.7 Å². The normalized spacial score (nSPS) is 34.1. The van der Waals surface area contributed by atoms with Crippen molar-refractivity contribution >= 4 is 0 Å². The van der Waals surface area contributed by atoms with Gasteiger partial charge in [0.2, 0.25) is 0 Å². The zero-order chi connectivity index (χ0) is 11.7. The summed E-state index contributed by atoms with van der Waals surface area (Å²) in [5, 5.41) is 14.3. The summed E-state index contributed by atoms with van der Waals surface area (Å²) < 4.78 is 7.63. The Balaban J connectivity index is 1.73. The van der Waals surface area contributed by atoms with Crippen LogP contribution < -0.4 is 0 Å². The molecular formula is C13H20N2O2. The smallest absolute Gasteiger partial charge is 0.150 e. The molecule has 1 aliphatic carbocycles. The first-order valence-electron chi connectivity index (χ1n) is 6.68. The average molecular weight is 236 g/mol. The highest BCUT2D eigenvalue weighted by atomic mass is 16.5. The molecule has 17 heavy (non-hydrogen) atoms. The molecule has 94 valence electrons. The zero-order valence-corrected chi connectivity index (χ0v) is 10.1. The fourth-order valence-corrected chi connectivity index (χ4v) is 2.96. The molecule has 2 aliphatic rings. The van der Waals surface area contributed by atoms with E-state index >= 15 is 0 Å². The highest BCUT2D eigenvalue weighted by molar-refractivity contribution is 5.15. The summed E-state index contributed by atoms with van der Waals surface area (Å²) >= 11 is 0. The lowest BCUT2D eigenvalue weighted by atomic mass is 9.99. The van der Waals surface area contributed by atoms with Crippen molar-refractivity contribution in [2.75, 3.05) is 6.61 Å². The van der Waals surface area contributed by atoms with Gasteiger partial charge in [0.25, 0.3) is 0 Å². The van der Waals surface area contributed by atoms with Crippen LogP contribution in [-0.4, -0.2) is 27.6 Å². The monoisotopic (exact) mass is 236 g/mol. The van der Waals surface area contributed by atoms with Crippen LogP contribution in [0.2, 0.25) is 0 Å². The highest BCUT2D eigenvalue weighted by Gasteiger charge is 2.28. The molecule has 2 fully saturated rings. The van der Waals surface area contributed by atoms with Crippen LogP contribution in [0.1, 0.15) is 56.2 Å². The SMILES string of the molecule is OC1CCCC1c1cnn(C2CCCCO2)c1. The van der Waals surface area contributed by atoms with Crippen molar-refractivity contribution in [2.45, 2.75) is 56.8 Å². The first-order valence-corrected chi connectivity index (χ1v) is 6.68. The van der Waals surface area contributed by atoms with Gasteiger partial charge in [-0.3, -0.25) is 0 Å². The van der Waals surface area contributed by atoms with Crippen molar-refractivity contribution in [3.63, 3.8) is 0 Å². The molecule has 4 heteroatoms. The lowest BCUT2D eigenvalue weighted by Gasteiger charge is -2.22. The number of rotatable bonds is 2. The Hall–Kier alpha value is -0.870. The number of ether oxygens (including phenoxy) is 1. The molecule has 0 radical (unpaired) electrons. The van der Waals surface area contributed by atoms with Crippen molar-refractivity contribution in [1.82, 2.24) is 9.78 Å². The molecule has 1 aliphatic heterocycles. The van der Waals surface area contributed by atoms with E-state index in [4.69, 9.17) is 4.74 Å². The summed E-state index contributed by atoms with van der Waals surface area (Å²) in [7, 11) is 0. The van der Waals surface area contributed by atoms with Gasteiger partial charge in [-0.2, -0.15) is 5.10 Å². The van der Waals surface area contributed by atoms with Crippen LogP contribution in [0.4, 0.5) is 0 Å². The van der Waals surface area contributed by atoms with Crippen molar-refractivity contribution in [3.8, 4) is 0 Å². The van der Waals surface area contributed by atoms with Crippen molar-refractivity contribution in [3.05, 3.63) is 18.0 Å². The molecule has 1 aromatic rings. The number of aromatic nitrogens is 2. The third-order valence-corrected chi connectivity index (χ3v) is 3.98. The topological polar surface area (TPSA) is 47.3 Å². The summed E-state index contributed by atoms with van der Waals surface area (Å²) in [6.07, 6.45) is 10.4. The van der Waals surface area contributed by atoms with E-state index in [0.29, 0.717) is 0 Å². The molecule has 0 spiro atoms. The first kappa shape index (κ1) is 11.2. The Labute approximate surface area is 102 Å². The fourth-order valence-electron chi connectivity index (χ4n) is 2.96. The van der Waals surface area contributed by atoms with Gasteiger partial charge in [-0.1, -0.05) is 6.42 Å². The minimum absolute atomic E-state index is 0.107. The maximum atomic E-state index is 9.89. The second-order valence-electron chi connectivity index (χ2n) is 5.18. The van der Waals surface area contributed by atoms with Crippen LogP contribution in [0.5, 0.6) is 0 Å². The third-order valence-electron chi connectivity index (χ3n) is 3.98. The Bertz CT molecular complexity index is 371. The standard InChI is InChI=1S/C13H20N2O2/c16-12-5-3-4-11(12)10-8-14-15(9-10)13-6-1-2-7-17-13/h8-9,11-13,16H,1-7H2. The molecule has 2 heterocycles. The van der Waals surface area contributed by atoms with Crippen molar-refractivity contribution < 1.29 is 9.84 Å². The Morgan fingerprint density at radius 2 is 2.18 bits per heavy atom. The van der Waals surface area contributed by atoms with E-state index < -0.39 is 0 Å². The van der Waals surface area contributed by atoms with Crippen molar-refractivity contribution in [2.24, 2.45) is 0 Å². The molecule has 0 bridgehead atoms. The Morgan fingerprint density at radius 1 is 1.24 bits per heavy atom. The van der Waals surface area contributed by atoms with Crippen LogP contribution in [0, 0.1) is 0 Å². The van der Waals surface area contributed by atoms with Gasteiger partial charge in [-0.25, -0.2) is 4.68 Å². The van der Waals surface area contributed by atoms with E-state index in [2.05, 4.69) is 11.3 Å². The zero-order valence-electron chi connectivity index (χ0n) is 10.1. The number of hydrogen-bond donors (Lipinski definition) is 1.